The molecular formula is C22H27F3N4O3S. The van der Waals surface area contributed by atoms with Crippen LogP contribution in [-0.2, 0) is 16.4 Å². The lowest BCUT2D eigenvalue weighted by atomic mass is 10.1. The maximum absolute atomic E-state index is 13.2. The number of carbonyl (C=O) groups excluding carboxylic acids is 1. The Kier molecular flexibility index (Phi) is 7.65. The number of nitrogens with zero attached hydrogens (tertiary/aromatic N) is 3. The molecule has 11 heteroatoms. The molecule has 2 aromatic rings. The summed E-state index contributed by atoms with van der Waals surface area (Å²) in [5.41, 5.74) is 0.0945. The zero-order valence-corrected chi connectivity index (χ0v) is 19.3. The number of nitrogens with one attached hydrogen (secondary N) is 1. The Labute approximate surface area is 192 Å². The average Bonchev–Trinajstić information content (AvgIpc) is 2.79. The van der Waals surface area contributed by atoms with Gasteiger partial charge in [-0.05, 0) is 30.3 Å². The molecule has 1 fully saturated rings. The summed E-state index contributed by atoms with van der Waals surface area (Å²) in [5.74, 6) is -0.315. The van der Waals surface area contributed by atoms with Gasteiger partial charge < -0.3 is 10.2 Å². The first kappa shape index (κ1) is 25.0. The predicted octanol–water partition coefficient (Wildman–Crippen LogP) is 3.79. The number of hydrogen-bond acceptors (Lipinski definition) is 4. The predicted molar refractivity (Wildman–Crippen MR) is 120 cm³/mol. The highest BCUT2D eigenvalue weighted by Crippen LogP contribution is 2.32. The van der Waals surface area contributed by atoms with Gasteiger partial charge in [-0.15, -0.1) is 0 Å². The van der Waals surface area contributed by atoms with Crippen LogP contribution in [0.25, 0.3) is 0 Å². The molecule has 0 bridgehead atoms. The second-order valence-electron chi connectivity index (χ2n) is 7.53. The van der Waals surface area contributed by atoms with Crippen molar-refractivity contribution in [2.75, 3.05) is 44.6 Å². The molecule has 180 valence electrons. The van der Waals surface area contributed by atoms with E-state index in [-0.39, 0.29) is 37.8 Å². The molecule has 1 aliphatic rings. The molecule has 1 N–H and O–H groups in total. The molecule has 0 aromatic heterocycles. The van der Waals surface area contributed by atoms with E-state index in [1.165, 1.54) is 20.7 Å². The van der Waals surface area contributed by atoms with E-state index in [1.54, 1.807) is 43.0 Å². The number of amides is 1. The van der Waals surface area contributed by atoms with E-state index in [2.05, 4.69) is 5.32 Å². The number of piperazine rings is 1. The van der Waals surface area contributed by atoms with Crippen LogP contribution in [0.1, 0.15) is 29.8 Å². The summed E-state index contributed by atoms with van der Waals surface area (Å²) in [6, 6.07) is 11.3. The van der Waals surface area contributed by atoms with E-state index >= 15 is 0 Å². The molecular weight excluding hydrogens is 457 g/mol. The van der Waals surface area contributed by atoms with Crippen LogP contribution in [0.2, 0.25) is 0 Å². The van der Waals surface area contributed by atoms with Gasteiger partial charge in [0.2, 0.25) is 0 Å². The van der Waals surface area contributed by atoms with E-state index in [0.717, 1.165) is 12.1 Å². The van der Waals surface area contributed by atoms with Crippen molar-refractivity contribution >= 4 is 27.5 Å². The van der Waals surface area contributed by atoms with E-state index in [4.69, 9.17) is 0 Å². The van der Waals surface area contributed by atoms with Crippen LogP contribution in [0.3, 0.4) is 0 Å². The van der Waals surface area contributed by atoms with Crippen molar-refractivity contribution < 1.29 is 26.4 Å². The van der Waals surface area contributed by atoms with Crippen LogP contribution in [0.4, 0.5) is 24.5 Å². The normalized spacial score (nSPS) is 15.6. The van der Waals surface area contributed by atoms with Gasteiger partial charge in [0, 0.05) is 45.0 Å². The lowest BCUT2D eigenvalue weighted by Crippen LogP contribution is -2.54. The summed E-state index contributed by atoms with van der Waals surface area (Å²) in [7, 11) is -3.58. The van der Waals surface area contributed by atoms with Crippen LogP contribution in [0, 0.1) is 0 Å². The highest BCUT2D eigenvalue weighted by molar-refractivity contribution is 7.86. The molecule has 0 unspecified atom stereocenters. The molecule has 0 radical (unpaired) electrons. The number of alkyl halides is 3. The fourth-order valence-electron chi connectivity index (χ4n) is 3.71. The minimum Gasteiger partial charge on any atom is -0.355 e. The van der Waals surface area contributed by atoms with Crippen molar-refractivity contribution in [2.45, 2.75) is 20.0 Å². The smallest absolute Gasteiger partial charge is 0.355 e. The number of para-hydroxylation sites is 1. The van der Waals surface area contributed by atoms with Gasteiger partial charge in [0.25, 0.3) is 16.1 Å². The number of carbonyl (C=O) groups is 1. The van der Waals surface area contributed by atoms with E-state index in [1.807, 2.05) is 0 Å². The van der Waals surface area contributed by atoms with Crippen LogP contribution in [0.5, 0.6) is 0 Å². The van der Waals surface area contributed by atoms with Crippen LogP contribution < -0.4 is 5.32 Å². The Hall–Kier alpha value is -2.63. The van der Waals surface area contributed by atoms with Crippen molar-refractivity contribution in [1.29, 1.82) is 0 Å². The zero-order valence-electron chi connectivity index (χ0n) is 18.5. The fraction of sp³-hybridized carbons (Fsp3) is 0.409. The van der Waals surface area contributed by atoms with E-state index in [0.29, 0.717) is 24.3 Å². The maximum Gasteiger partial charge on any atom is 0.416 e. The lowest BCUT2D eigenvalue weighted by molar-refractivity contribution is -0.137. The number of hydrogen-bond donors (Lipinski definition) is 1. The second-order valence-corrected chi connectivity index (χ2v) is 9.46. The van der Waals surface area contributed by atoms with Crippen molar-refractivity contribution in [2.24, 2.45) is 0 Å². The third-order valence-electron chi connectivity index (χ3n) is 5.51. The Balaban J connectivity index is 1.74. The van der Waals surface area contributed by atoms with Crippen molar-refractivity contribution in [3.8, 4) is 0 Å². The van der Waals surface area contributed by atoms with Crippen LogP contribution in [-0.4, -0.2) is 67.1 Å². The van der Waals surface area contributed by atoms with Gasteiger partial charge in [0.05, 0.1) is 16.8 Å². The highest BCUT2D eigenvalue weighted by Gasteiger charge is 2.33. The molecule has 3 rings (SSSR count). The summed E-state index contributed by atoms with van der Waals surface area (Å²) >= 11 is 0. The number of halogens is 3. The topological polar surface area (TPSA) is 73.0 Å². The third-order valence-corrected chi connectivity index (χ3v) is 7.70. The minimum atomic E-state index is -4.47. The Bertz CT molecular complexity index is 1080. The van der Waals surface area contributed by atoms with Gasteiger partial charge in [-0.25, -0.2) is 0 Å². The average molecular weight is 485 g/mol. The van der Waals surface area contributed by atoms with Gasteiger partial charge >= 0.3 is 6.18 Å². The molecule has 0 spiro atoms. The molecule has 1 amide bonds. The van der Waals surface area contributed by atoms with Crippen LogP contribution >= 0.6 is 0 Å². The van der Waals surface area contributed by atoms with Gasteiger partial charge in [0.1, 0.15) is 0 Å². The summed E-state index contributed by atoms with van der Waals surface area (Å²) < 4.78 is 67.3. The second kappa shape index (κ2) is 10.1. The zero-order chi connectivity index (χ0) is 24.2. The van der Waals surface area contributed by atoms with Gasteiger partial charge in [0.15, 0.2) is 0 Å². The number of benzene rings is 2. The standard InChI is InChI=1S/C22H27F3N4O3S/c1-3-28(4-2)33(31,32)29-14-12-27(13-15-29)21(30)19-10-5-6-11-20(19)26-18-9-7-8-17(16-18)22(23,24)25/h5-11,16,26H,3-4,12-15H2,1-2H3. The van der Waals surface area contributed by atoms with Gasteiger partial charge in [-0.2, -0.15) is 30.2 Å². The Morgan fingerprint density at radius 1 is 1.00 bits per heavy atom. The largest absolute Gasteiger partial charge is 0.416 e. The number of rotatable bonds is 7. The summed E-state index contributed by atoms with van der Waals surface area (Å²) in [6.45, 7) is 5.07. The summed E-state index contributed by atoms with van der Waals surface area (Å²) in [4.78, 5) is 14.7. The van der Waals surface area contributed by atoms with Crippen molar-refractivity contribution in [3.63, 3.8) is 0 Å². The Morgan fingerprint density at radius 2 is 1.64 bits per heavy atom. The third kappa shape index (κ3) is 5.66. The molecule has 0 saturated carbocycles. The monoisotopic (exact) mass is 484 g/mol. The quantitative estimate of drug-likeness (QED) is 0.649. The van der Waals surface area contributed by atoms with Crippen molar-refractivity contribution in [3.05, 3.63) is 59.7 Å². The first-order valence-electron chi connectivity index (χ1n) is 10.7. The lowest BCUT2D eigenvalue weighted by Gasteiger charge is -2.36. The fourth-order valence-corrected chi connectivity index (χ4v) is 5.32. The summed E-state index contributed by atoms with van der Waals surface area (Å²) in [5, 5.41) is 2.91. The Morgan fingerprint density at radius 3 is 2.24 bits per heavy atom. The van der Waals surface area contributed by atoms with Gasteiger partial charge in [-0.1, -0.05) is 32.0 Å². The van der Waals surface area contributed by atoms with Crippen LogP contribution in [0.15, 0.2) is 48.5 Å². The molecule has 0 atom stereocenters. The molecule has 33 heavy (non-hydrogen) atoms. The summed E-state index contributed by atoms with van der Waals surface area (Å²) in [6.07, 6.45) is -4.47. The molecule has 1 saturated heterocycles. The first-order chi connectivity index (χ1) is 15.6. The molecule has 1 aliphatic heterocycles. The number of anilines is 2. The maximum atomic E-state index is 13.2. The molecule has 2 aromatic carbocycles. The minimum absolute atomic E-state index is 0.174. The molecule has 0 aliphatic carbocycles. The van der Waals surface area contributed by atoms with Crippen molar-refractivity contribution in [1.82, 2.24) is 13.5 Å². The molecule has 7 nitrogen and oxygen atoms in total. The van der Waals surface area contributed by atoms with Gasteiger partial charge in [-0.3, -0.25) is 4.79 Å². The SMILES string of the molecule is CCN(CC)S(=O)(=O)N1CCN(C(=O)c2ccccc2Nc2cccc(C(F)(F)F)c2)CC1. The molecule has 1 heterocycles. The van der Waals surface area contributed by atoms with E-state index < -0.39 is 21.9 Å². The highest BCUT2D eigenvalue weighted by atomic mass is 32.2. The van der Waals surface area contributed by atoms with E-state index in [9.17, 15) is 26.4 Å². The first-order valence-corrected chi connectivity index (χ1v) is 12.1.